The molecule has 0 saturated carbocycles. The van der Waals surface area contributed by atoms with Crippen molar-refractivity contribution in [3.63, 3.8) is 0 Å². The molecule has 0 aromatic heterocycles. The van der Waals surface area contributed by atoms with Crippen LogP contribution in [-0.2, 0) is 16.1 Å². The first-order chi connectivity index (χ1) is 13.7. The van der Waals surface area contributed by atoms with Gasteiger partial charge in [-0.2, -0.15) is 0 Å². The van der Waals surface area contributed by atoms with Gasteiger partial charge < -0.3 is 25.7 Å². The molecule has 1 heterocycles. The Balaban J connectivity index is 0.000000359. The Morgan fingerprint density at radius 1 is 1.21 bits per heavy atom. The van der Waals surface area contributed by atoms with E-state index in [2.05, 4.69) is 17.1 Å². The molecule has 1 aromatic carbocycles. The molecule has 1 fully saturated rings. The molecule has 5 N–H and O–H groups in total. The number of carbonyl (C=O) groups is 2. The Morgan fingerprint density at radius 2 is 1.83 bits per heavy atom. The predicted molar refractivity (Wildman–Crippen MR) is 110 cm³/mol. The number of nitrogens with zero attached hydrogens (tertiary/aromatic N) is 1. The third kappa shape index (κ3) is 8.86. The van der Waals surface area contributed by atoms with Crippen molar-refractivity contribution >= 4 is 35.1 Å². The molecule has 0 unspecified atom stereocenters. The molecule has 0 amide bonds. The molecule has 0 bridgehead atoms. The van der Waals surface area contributed by atoms with Gasteiger partial charge in [0.2, 0.25) is 0 Å². The summed E-state index contributed by atoms with van der Waals surface area (Å²) in [6, 6.07) is 6.45. The lowest BCUT2D eigenvalue weighted by Gasteiger charge is -2.28. The monoisotopic (exact) mass is 450 g/mol. The number of aliphatic carboxylic acids is 2. The van der Waals surface area contributed by atoms with Gasteiger partial charge in [0, 0.05) is 29.2 Å². The van der Waals surface area contributed by atoms with Crippen LogP contribution in [0.25, 0.3) is 0 Å². The average Bonchev–Trinajstić information content (AvgIpc) is 3.20. The van der Waals surface area contributed by atoms with Gasteiger partial charge in [0.15, 0.2) is 12.2 Å². The van der Waals surface area contributed by atoms with Gasteiger partial charge in [-0.25, -0.2) is 9.59 Å². The smallest absolute Gasteiger partial charge is 0.335 e. The third-order valence-corrected chi connectivity index (χ3v) is 5.13. The molecular formula is C19H28Cl2N2O6. The van der Waals surface area contributed by atoms with E-state index in [1.807, 2.05) is 18.2 Å². The Hall–Kier alpha value is -1.42. The normalized spacial score (nSPS) is 18.1. The van der Waals surface area contributed by atoms with Crippen LogP contribution in [0.5, 0.6) is 0 Å². The molecular weight excluding hydrogens is 423 g/mol. The maximum Gasteiger partial charge on any atom is 0.335 e. The number of unbranched alkanes of at least 4 members (excludes halogenated alkanes) is 1. The number of halogens is 2. The summed E-state index contributed by atoms with van der Waals surface area (Å²) in [6.07, 6.45) is -0.836. The van der Waals surface area contributed by atoms with Crippen LogP contribution in [0, 0.1) is 0 Å². The highest BCUT2D eigenvalue weighted by molar-refractivity contribution is 6.35. The van der Waals surface area contributed by atoms with Crippen molar-refractivity contribution in [3.05, 3.63) is 33.8 Å². The van der Waals surface area contributed by atoms with E-state index in [1.54, 1.807) is 0 Å². The average molecular weight is 451 g/mol. The van der Waals surface area contributed by atoms with Gasteiger partial charge in [0.25, 0.3) is 0 Å². The van der Waals surface area contributed by atoms with Crippen molar-refractivity contribution in [2.24, 2.45) is 0 Å². The molecule has 0 radical (unpaired) electrons. The van der Waals surface area contributed by atoms with Crippen molar-refractivity contribution < 1.29 is 30.0 Å². The van der Waals surface area contributed by atoms with E-state index in [-0.39, 0.29) is 0 Å². The number of hydrogen-bond donors (Lipinski definition) is 5. The van der Waals surface area contributed by atoms with E-state index in [4.69, 9.17) is 43.6 Å². The molecule has 0 aliphatic carbocycles. The van der Waals surface area contributed by atoms with Crippen LogP contribution >= 0.6 is 23.2 Å². The van der Waals surface area contributed by atoms with E-state index in [0.29, 0.717) is 11.1 Å². The summed E-state index contributed by atoms with van der Waals surface area (Å²) in [5.41, 5.74) is 1.18. The molecule has 1 aromatic rings. The number of hydrogen-bond acceptors (Lipinski definition) is 6. The van der Waals surface area contributed by atoms with Crippen molar-refractivity contribution in [2.45, 2.75) is 51.0 Å². The van der Waals surface area contributed by atoms with Crippen molar-refractivity contribution in [2.75, 3.05) is 19.6 Å². The van der Waals surface area contributed by atoms with Crippen molar-refractivity contribution in [1.82, 2.24) is 10.2 Å². The summed E-state index contributed by atoms with van der Waals surface area (Å²) < 4.78 is 0. The number of nitrogens with one attached hydrogen (secondary N) is 1. The van der Waals surface area contributed by atoms with Crippen LogP contribution in [0.1, 0.15) is 31.7 Å². The molecule has 1 aliphatic heterocycles. The Kier molecular flexibility index (Phi) is 11.5. The Morgan fingerprint density at radius 3 is 2.28 bits per heavy atom. The Bertz CT molecular complexity index is 652. The van der Waals surface area contributed by atoms with Gasteiger partial charge >= 0.3 is 11.9 Å². The molecule has 1 saturated heterocycles. The van der Waals surface area contributed by atoms with Crippen molar-refractivity contribution in [3.8, 4) is 0 Å². The summed E-state index contributed by atoms with van der Waals surface area (Å²) in [6.45, 7) is 6.51. The minimum absolute atomic E-state index is 0.637. The van der Waals surface area contributed by atoms with Gasteiger partial charge in [-0.1, -0.05) is 42.6 Å². The standard InChI is InChI=1S/C15H22Cl2N2.C4H6O6/c1-2-3-8-19(14-6-7-18-10-14)11-12-4-5-13(16)9-15(12)17;5-1(3(7)8)2(6)4(9)10/h4-5,9,14,18H,2-3,6-8,10-11H2,1H3;1-2,5-6H,(H,7,8)(H,9,10)/t14-;1-,2-/m01/s1. The predicted octanol–water partition coefficient (Wildman–Crippen LogP) is 1.83. The fraction of sp³-hybridized carbons (Fsp3) is 0.579. The molecule has 8 nitrogen and oxygen atoms in total. The highest BCUT2D eigenvalue weighted by atomic mass is 35.5. The first-order valence-electron chi connectivity index (χ1n) is 9.37. The zero-order valence-corrected chi connectivity index (χ0v) is 17.7. The minimum atomic E-state index is -2.27. The minimum Gasteiger partial charge on any atom is -0.479 e. The maximum absolute atomic E-state index is 9.77. The number of aliphatic hydroxyl groups excluding tert-OH is 2. The third-order valence-electron chi connectivity index (χ3n) is 4.54. The molecule has 10 heteroatoms. The fourth-order valence-electron chi connectivity index (χ4n) is 2.84. The number of benzene rings is 1. The number of rotatable bonds is 9. The van der Waals surface area contributed by atoms with E-state index in [9.17, 15) is 9.59 Å². The number of carboxylic acid groups (broad SMARTS) is 2. The highest BCUT2D eigenvalue weighted by Gasteiger charge is 2.29. The summed E-state index contributed by atoms with van der Waals surface area (Å²) in [4.78, 5) is 22.1. The number of carboxylic acids is 2. The second-order valence-corrected chi connectivity index (χ2v) is 7.62. The van der Waals surface area contributed by atoms with Gasteiger partial charge in [0.1, 0.15) is 0 Å². The first-order valence-corrected chi connectivity index (χ1v) is 10.1. The van der Waals surface area contributed by atoms with Crippen LogP contribution in [0.15, 0.2) is 18.2 Å². The lowest BCUT2D eigenvalue weighted by molar-refractivity contribution is -0.165. The SMILES string of the molecule is CCCCN(Cc1ccc(Cl)cc1Cl)[C@H]1CCNC1.O=C(O)[C@H](O)[C@@H](O)C(=O)O. The van der Waals surface area contributed by atoms with Crippen molar-refractivity contribution in [1.29, 1.82) is 0 Å². The molecule has 29 heavy (non-hydrogen) atoms. The fourth-order valence-corrected chi connectivity index (χ4v) is 3.31. The van der Waals surface area contributed by atoms with Crippen LogP contribution in [-0.4, -0.2) is 75.1 Å². The number of aliphatic hydroxyl groups is 2. The van der Waals surface area contributed by atoms with E-state index in [1.165, 1.54) is 24.8 Å². The molecule has 3 atom stereocenters. The second kappa shape index (κ2) is 13.0. The summed E-state index contributed by atoms with van der Waals surface area (Å²) in [7, 11) is 0. The second-order valence-electron chi connectivity index (χ2n) is 6.77. The van der Waals surface area contributed by atoms with Crippen LogP contribution in [0.3, 0.4) is 0 Å². The van der Waals surface area contributed by atoms with Gasteiger partial charge in [-0.05, 0) is 43.6 Å². The molecule has 0 spiro atoms. The molecule has 2 rings (SSSR count). The van der Waals surface area contributed by atoms with Crippen LogP contribution in [0.2, 0.25) is 10.0 Å². The lowest BCUT2D eigenvalue weighted by Crippen LogP contribution is -2.39. The largest absolute Gasteiger partial charge is 0.479 e. The van der Waals surface area contributed by atoms with E-state index < -0.39 is 24.1 Å². The Labute approximate surface area is 180 Å². The van der Waals surface area contributed by atoms with Gasteiger partial charge in [-0.3, -0.25) is 4.90 Å². The van der Waals surface area contributed by atoms with E-state index in [0.717, 1.165) is 31.2 Å². The zero-order valence-electron chi connectivity index (χ0n) is 16.2. The molecule has 1 aliphatic rings. The van der Waals surface area contributed by atoms with Crippen LogP contribution < -0.4 is 5.32 Å². The van der Waals surface area contributed by atoms with Crippen LogP contribution in [0.4, 0.5) is 0 Å². The quantitative estimate of drug-likeness (QED) is 0.385. The zero-order chi connectivity index (χ0) is 22.0. The highest BCUT2D eigenvalue weighted by Crippen LogP contribution is 2.24. The summed E-state index contributed by atoms with van der Waals surface area (Å²) in [5, 5.41) is 37.5. The van der Waals surface area contributed by atoms with Gasteiger partial charge in [0.05, 0.1) is 0 Å². The summed E-state index contributed by atoms with van der Waals surface area (Å²) in [5.74, 6) is -3.54. The topological polar surface area (TPSA) is 130 Å². The van der Waals surface area contributed by atoms with E-state index >= 15 is 0 Å². The molecule has 164 valence electrons. The first kappa shape index (κ1) is 25.6. The lowest BCUT2D eigenvalue weighted by atomic mass is 10.1. The maximum atomic E-state index is 9.77. The summed E-state index contributed by atoms with van der Waals surface area (Å²) >= 11 is 12.2. The van der Waals surface area contributed by atoms with Gasteiger partial charge in [-0.15, -0.1) is 0 Å².